The summed E-state index contributed by atoms with van der Waals surface area (Å²) in [6, 6.07) is 14.2. The van der Waals surface area contributed by atoms with Gasteiger partial charge in [0, 0.05) is 23.1 Å². The molecule has 3 rings (SSSR count). The van der Waals surface area contributed by atoms with Crippen LogP contribution in [0.5, 0.6) is 0 Å². The van der Waals surface area contributed by atoms with Gasteiger partial charge in [0.15, 0.2) is 5.13 Å². The van der Waals surface area contributed by atoms with Crippen LogP contribution in [-0.4, -0.2) is 15.8 Å². The van der Waals surface area contributed by atoms with Crippen molar-refractivity contribution in [1.82, 2.24) is 4.98 Å². The second-order valence-electron chi connectivity index (χ2n) is 6.46. The van der Waals surface area contributed by atoms with E-state index in [1.165, 1.54) is 29.0 Å². The Morgan fingerprint density at radius 1 is 1.15 bits per heavy atom. The quantitative estimate of drug-likeness (QED) is 0.480. The minimum atomic E-state index is -0.440. The second kappa shape index (κ2) is 8.09. The van der Waals surface area contributed by atoms with Gasteiger partial charge in [-0.25, -0.2) is 4.98 Å². The van der Waals surface area contributed by atoms with E-state index < -0.39 is 4.92 Å². The standard InChI is InChI=1S/C20H19N3O3S/c1-13(2)15-5-3-14(4-6-15)11-19(24)22-20-21-18(12-27-20)16-7-9-17(10-8-16)23(25)26/h3-10,12-13H,11H2,1-2H3,(H,21,22,24). The number of nitro benzene ring substituents is 1. The van der Waals surface area contributed by atoms with Gasteiger partial charge in [-0.15, -0.1) is 11.3 Å². The fraction of sp³-hybridized carbons (Fsp3) is 0.200. The van der Waals surface area contributed by atoms with Crippen molar-refractivity contribution < 1.29 is 9.72 Å². The first-order chi connectivity index (χ1) is 12.9. The first-order valence-electron chi connectivity index (χ1n) is 8.51. The molecular weight excluding hydrogens is 362 g/mol. The Morgan fingerprint density at radius 3 is 2.41 bits per heavy atom. The van der Waals surface area contributed by atoms with Crippen molar-refractivity contribution in [2.24, 2.45) is 0 Å². The van der Waals surface area contributed by atoms with Crippen LogP contribution < -0.4 is 5.32 Å². The van der Waals surface area contributed by atoms with Gasteiger partial charge in [0.25, 0.3) is 5.69 Å². The molecule has 1 heterocycles. The maximum absolute atomic E-state index is 12.2. The molecule has 0 saturated carbocycles. The average molecular weight is 381 g/mol. The number of hydrogen-bond donors (Lipinski definition) is 1. The van der Waals surface area contributed by atoms with Crippen molar-refractivity contribution in [1.29, 1.82) is 0 Å². The first kappa shape index (κ1) is 18.7. The van der Waals surface area contributed by atoms with Gasteiger partial charge in [-0.05, 0) is 29.2 Å². The number of amides is 1. The van der Waals surface area contributed by atoms with E-state index in [2.05, 4.69) is 24.1 Å². The topological polar surface area (TPSA) is 85.1 Å². The molecular formula is C20H19N3O3S. The van der Waals surface area contributed by atoms with Crippen molar-refractivity contribution in [3.8, 4) is 11.3 Å². The zero-order valence-corrected chi connectivity index (χ0v) is 15.8. The Balaban J connectivity index is 1.63. The lowest BCUT2D eigenvalue weighted by Crippen LogP contribution is -2.14. The third-order valence-corrected chi connectivity index (χ3v) is 4.89. The average Bonchev–Trinajstić information content (AvgIpc) is 3.10. The second-order valence-corrected chi connectivity index (χ2v) is 7.32. The molecule has 0 radical (unpaired) electrons. The molecule has 0 atom stereocenters. The zero-order chi connectivity index (χ0) is 19.4. The van der Waals surface area contributed by atoms with E-state index in [1.807, 2.05) is 29.6 Å². The number of nitrogens with zero attached hydrogens (tertiary/aromatic N) is 2. The lowest BCUT2D eigenvalue weighted by atomic mass is 10.0. The Kier molecular flexibility index (Phi) is 5.61. The van der Waals surface area contributed by atoms with Crippen LogP contribution in [0.3, 0.4) is 0 Å². The van der Waals surface area contributed by atoms with Crippen LogP contribution in [0.4, 0.5) is 10.8 Å². The van der Waals surface area contributed by atoms with Crippen LogP contribution in [0, 0.1) is 10.1 Å². The number of benzene rings is 2. The maximum atomic E-state index is 12.2. The molecule has 0 unspecified atom stereocenters. The predicted octanol–water partition coefficient (Wildman–Crippen LogP) is 5.02. The zero-order valence-electron chi connectivity index (χ0n) is 15.0. The van der Waals surface area contributed by atoms with Crippen LogP contribution in [0.2, 0.25) is 0 Å². The summed E-state index contributed by atoms with van der Waals surface area (Å²) >= 11 is 1.32. The van der Waals surface area contributed by atoms with Crippen molar-refractivity contribution in [3.63, 3.8) is 0 Å². The number of anilines is 1. The number of nitrogens with one attached hydrogen (secondary N) is 1. The van der Waals surface area contributed by atoms with Gasteiger partial charge in [0.2, 0.25) is 5.91 Å². The number of carbonyl (C=O) groups is 1. The molecule has 3 aromatic rings. The molecule has 7 heteroatoms. The first-order valence-corrected chi connectivity index (χ1v) is 9.39. The predicted molar refractivity (Wildman–Crippen MR) is 107 cm³/mol. The molecule has 2 aromatic carbocycles. The normalized spacial score (nSPS) is 10.8. The fourth-order valence-electron chi connectivity index (χ4n) is 2.59. The van der Waals surface area contributed by atoms with Crippen molar-refractivity contribution >= 4 is 28.1 Å². The van der Waals surface area contributed by atoms with Gasteiger partial charge in [-0.3, -0.25) is 14.9 Å². The molecule has 0 fully saturated rings. The molecule has 1 amide bonds. The van der Waals surface area contributed by atoms with Gasteiger partial charge in [-0.2, -0.15) is 0 Å². The van der Waals surface area contributed by atoms with Gasteiger partial charge in [0.05, 0.1) is 17.0 Å². The molecule has 0 saturated heterocycles. The van der Waals surface area contributed by atoms with Crippen LogP contribution in [0.1, 0.15) is 30.9 Å². The number of nitro groups is 1. The summed E-state index contributed by atoms with van der Waals surface area (Å²) in [7, 11) is 0. The third kappa shape index (κ3) is 4.77. The molecule has 0 aliphatic carbocycles. The summed E-state index contributed by atoms with van der Waals surface area (Å²) in [5.41, 5.74) is 3.66. The SMILES string of the molecule is CC(C)c1ccc(CC(=O)Nc2nc(-c3ccc([N+](=O)[O-])cc3)cs2)cc1. The summed E-state index contributed by atoms with van der Waals surface area (Å²) in [6.07, 6.45) is 0.283. The molecule has 0 aliphatic rings. The van der Waals surface area contributed by atoms with Crippen LogP contribution in [-0.2, 0) is 11.2 Å². The monoisotopic (exact) mass is 381 g/mol. The highest BCUT2D eigenvalue weighted by Gasteiger charge is 2.11. The van der Waals surface area contributed by atoms with E-state index in [0.29, 0.717) is 16.7 Å². The summed E-state index contributed by atoms with van der Waals surface area (Å²) in [6.45, 7) is 4.26. The molecule has 6 nitrogen and oxygen atoms in total. The van der Waals surface area contributed by atoms with Crippen LogP contribution >= 0.6 is 11.3 Å². The molecule has 27 heavy (non-hydrogen) atoms. The summed E-state index contributed by atoms with van der Waals surface area (Å²) < 4.78 is 0. The van der Waals surface area contributed by atoms with Gasteiger partial charge in [-0.1, -0.05) is 38.1 Å². The van der Waals surface area contributed by atoms with Gasteiger partial charge < -0.3 is 5.32 Å². The minimum Gasteiger partial charge on any atom is -0.302 e. The van der Waals surface area contributed by atoms with Crippen molar-refractivity contribution in [3.05, 3.63) is 75.2 Å². The molecule has 0 spiro atoms. The van der Waals surface area contributed by atoms with E-state index in [9.17, 15) is 14.9 Å². The highest BCUT2D eigenvalue weighted by molar-refractivity contribution is 7.14. The van der Waals surface area contributed by atoms with E-state index in [-0.39, 0.29) is 18.0 Å². The Hall–Kier alpha value is -3.06. The highest BCUT2D eigenvalue weighted by atomic mass is 32.1. The van der Waals surface area contributed by atoms with E-state index in [0.717, 1.165) is 11.1 Å². The number of non-ortho nitro benzene ring substituents is 1. The largest absolute Gasteiger partial charge is 0.302 e. The van der Waals surface area contributed by atoms with E-state index in [4.69, 9.17) is 0 Å². The van der Waals surface area contributed by atoms with Crippen molar-refractivity contribution in [2.45, 2.75) is 26.2 Å². The van der Waals surface area contributed by atoms with Crippen molar-refractivity contribution in [2.75, 3.05) is 5.32 Å². The van der Waals surface area contributed by atoms with Crippen LogP contribution in [0.25, 0.3) is 11.3 Å². The summed E-state index contributed by atoms with van der Waals surface area (Å²) in [4.78, 5) is 26.9. The number of carbonyl (C=O) groups excluding carboxylic acids is 1. The number of aromatic nitrogens is 1. The number of thiazole rings is 1. The highest BCUT2D eigenvalue weighted by Crippen LogP contribution is 2.26. The minimum absolute atomic E-state index is 0.0333. The third-order valence-electron chi connectivity index (χ3n) is 4.14. The van der Waals surface area contributed by atoms with E-state index >= 15 is 0 Å². The lowest BCUT2D eigenvalue weighted by Gasteiger charge is -2.06. The van der Waals surface area contributed by atoms with Gasteiger partial charge in [0.1, 0.15) is 0 Å². The summed E-state index contributed by atoms with van der Waals surface area (Å²) in [5.74, 6) is 0.331. The molecule has 1 N–H and O–H groups in total. The number of rotatable bonds is 6. The molecule has 0 aliphatic heterocycles. The maximum Gasteiger partial charge on any atom is 0.269 e. The van der Waals surface area contributed by atoms with Crippen LogP contribution in [0.15, 0.2) is 53.9 Å². The fourth-order valence-corrected chi connectivity index (χ4v) is 3.32. The van der Waals surface area contributed by atoms with E-state index in [1.54, 1.807) is 12.1 Å². The Bertz CT molecular complexity index is 947. The van der Waals surface area contributed by atoms with Gasteiger partial charge >= 0.3 is 0 Å². The number of hydrogen-bond acceptors (Lipinski definition) is 5. The Morgan fingerprint density at radius 2 is 1.81 bits per heavy atom. The lowest BCUT2D eigenvalue weighted by molar-refractivity contribution is -0.384. The molecule has 1 aromatic heterocycles. The Labute approximate surface area is 161 Å². The molecule has 0 bridgehead atoms. The summed E-state index contributed by atoms with van der Waals surface area (Å²) in [5, 5.41) is 15.8. The molecule has 138 valence electrons. The smallest absolute Gasteiger partial charge is 0.269 e.